The molecule has 3 nitrogen and oxygen atoms in total. The first-order chi connectivity index (χ1) is 9.14. The van der Waals surface area contributed by atoms with Gasteiger partial charge in [0.2, 0.25) is 0 Å². The van der Waals surface area contributed by atoms with Crippen molar-refractivity contribution in [1.29, 1.82) is 0 Å². The highest BCUT2D eigenvalue weighted by atomic mass is 16.5. The van der Waals surface area contributed by atoms with Crippen LogP contribution in [0.2, 0.25) is 0 Å². The summed E-state index contributed by atoms with van der Waals surface area (Å²) in [5.74, 6) is 0.796. The van der Waals surface area contributed by atoms with E-state index in [2.05, 4.69) is 46.8 Å². The van der Waals surface area contributed by atoms with Crippen LogP contribution in [-0.2, 0) is 5.41 Å². The molecule has 1 rings (SSSR count). The van der Waals surface area contributed by atoms with Gasteiger partial charge in [0, 0.05) is 0 Å². The molecule has 0 spiro atoms. The Labute approximate surface area is 123 Å². The van der Waals surface area contributed by atoms with Crippen LogP contribution in [0.4, 0.5) is 0 Å². The highest BCUT2D eigenvalue weighted by molar-refractivity contribution is 5.31. The number of benzene rings is 1. The van der Waals surface area contributed by atoms with Crippen molar-refractivity contribution < 1.29 is 9.84 Å². The average molecular weight is 279 g/mol. The van der Waals surface area contributed by atoms with Crippen molar-refractivity contribution in [1.82, 2.24) is 0 Å². The van der Waals surface area contributed by atoms with Crippen molar-refractivity contribution in [3.63, 3.8) is 0 Å². The third kappa shape index (κ3) is 5.51. The third-order valence-corrected chi connectivity index (χ3v) is 3.31. The first kappa shape index (κ1) is 17.0. The van der Waals surface area contributed by atoms with Gasteiger partial charge in [0.05, 0.1) is 12.6 Å². The molecule has 114 valence electrons. The predicted molar refractivity (Wildman–Crippen MR) is 84.1 cm³/mol. The fourth-order valence-electron chi connectivity index (χ4n) is 2.69. The monoisotopic (exact) mass is 279 g/mol. The van der Waals surface area contributed by atoms with Gasteiger partial charge < -0.3 is 15.6 Å². The van der Waals surface area contributed by atoms with Crippen LogP contribution in [0.3, 0.4) is 0 Å². The molecule has 1 aromatic rings. The Morgan fingerprint density at radius 1 is 1.10 bits per heavy atom. The van der Waals surface area contributed by atoms with Crippen molar-refractivity contribution in [2.45, 2.75) is 52.5 Å². The summed E-state index contributed by atoms with van der Waals surface area (Å²) in [6.07, 6.45) is 1.12. The molecular formula is C17H29NO2. The van der Waals surface area contributed by atoms with E-state index in [-0.39, 0.29) is 18.1 Å². The van der Waals surface area contributed by atoms with E-state index in [0.717, 1.165) is 12.2 Å². The van der Waals surface area contributed by atoms with Crippen LogP contribution in [0, 0.1) is 5.41 Å². The number of hydrogen-bond donors (Lipinski definition) is 2. The smallest absolute Gasteiger partial charge is 0.119 e. The molecule has 20 heavy (non-hydrogen) atoms. The van der Waals surface area contributed by atoms with Crippen molar-refractivity contribution in [2.24, 2.45) is 11.1 Å². The minimum atomic E-state index is -0.327. The van der Waals surface area contributed by atoms with Crippen molar-refractivity contribution >= 4 is 0 Å². The molecule has 1 unspecified atom stereocenters. The van der Waals surface area contributed by atoms with E-state index < -0.39 is 0 Å². The SMILES string of the molecule is CC(C)(C)CC(C)(C)c1ccc(OCC(N)CO)cc1. The molecule has 0 saturated carbocycles. The van der Waals surface area contributed by atoms with Crippen LogP contribution in [0.15, 0.2) is 24.3 Å². The predicted octanol–water partition coefficient (Wildman–Crippen LogP) is 3.10. The van der Waals surface area contributed by atoms with E-state index in [0.29, 0.717) is 12.0 Å². The van der Waals surface area contributed by atoms with E-state index in [9.17, 15) is 0 Å². The molecule has 3 N–H and O–H groups in total. The Kier molecular flexibility index (Phi) is 5.60. The van der Waals surface area contributed by atoms with Gasteiger partial charge in [0.1, 0.15) is 12.4 Å². The Morgan fingerprint density at radius 3 is 2.10 bits per heavy atom. The van der Waals surface area contributed by atoms with Gasteiger partial charge in [-0.2, -0.15) is 0 Å². The summed E-state index contributed by atoms with van der Waals surface area (Å²) in [4.78, 5) is 0. The molecule has 0 aliphatic heterocycles. The second-order valence-corrected chi connectivity index (χ2v) is 7.40. The lowest BCUT2D eigenvalue weighted by Crippen LogP contribution is -2.31. The lowest BCUT2D eigenvalue weighted by molar-refractivity contribution is 0.206. The fourth-order valence-corrected chi connectivity index (χ4v) is 2.69. The highest BCUT2D eigenvalue weighted by Crippen LogP contribution is 2.36. The Balaban J connectivity index is 2.70. The number of rotatable bonds is 6. The zero-order chi connectivity index (χ0) is 15.4. The minimum Gasteiger partial charge on any atom is -0.492 e. The standard InChI is InChI=1S/C17H29NO2/c1-16(2,3)12-17(4,5)13-6-8-15(9-7-13)20-11-14(18)10-19/h6-9,14,19H,10-12,18H2,1-5H3. The van der Waals surface area contributed by atoms with E-state index in [4.69, 9.17) is 15.6 Å². The van der Waals surface area contributed by atoms with Crippen LogP contribution < -0.4 is 10.5 Å². The molecule has 0 radical (unpaired) electrons. The zero-order valence-corrected chi connectivity index (χ0v) is 13.4. The average Bonchev–Trinajstić information content (AvgIpc) is 2.33. The summed E-state index contributed by atoms with van der Waals surface area (Å²) in [7, 11) is 0. The maximum atomic E-state index is 8.87. The topological polar surface area (TPSA) is 55.5 Å². The molecule has 0 saturated heterocycles. The number of aliphatic hydroxyl groups excluding tert-OH is 1. The molecule has 3 heteroatoms. The molecule has 0 bridgehead atoms. The molecule has 0 heterocycles. The molecule has 0 aliphatic rings. The maximum absolute atomic E-state index is 8.87. The summed E-state index contributed by atoms with van der Waals surface area (Å²) < 4.78 is 5.54. The summed E-state index contributed by atoms with van der Waals surface area (Å²) in [5, 5.41) is 8.87. The maximum Gasteiger partial charge on any atom is 0.119 e. The summed E-state index contributed by atoms with van der Waals surface area (Å²) in [6.45, 7) is 11.6. The normalized spacial score (nSPS) is 14.2. The van der Waals surface area contributed by atoms with Gasteiger partial charge in [-0.1, -0.05) is 46.8 Å². The van der Waals surface area contributed by atoms with E-state index in [1.165, 1.54) is 5.56 Å². The molecule has 1 aromatic carbocycles. The van der Waals surface area contributed by atoms with Crippen molar-refractivity contribution in [3.8, 4) is 5.75 Å². The van der Waals surface area contributed by atoms with Crippen LogP contribution in [0.5, 0.6) is 5.75 Å². The van der Waals surface area contributed by atoms with Gasteiger partial charge in [0.25, 0.3) is 0 Å². The Morgan fingerprint density at radius 2 is 1.65 bits per heavy atom. The summed E-state index contributed by atoms with van der Waals surface area (Å²) in [6, 6.07) is 7.86. The van der Waals surface area contributed by atoms with Crippen molar-refractivity contribution in [2.75, 3.05) is 13.2 Å². The van der Waals surface area contributed by atoms with Gasteiger partial charge in [-0.05, 0) is 34.9 Å². The largest absolute Gasteiger partial charge is 0.492 e. The van der Waals surface area contributed by atoms with Crippen LogP contribution in [0.25, 0.3) is 0 Å². The molecular weight excluding hydrogens is 250 g/mol. The van der Waals surface area contributed by atoms with E-state index in [1.54, 1.807) is 0 Å². The van der Waals surface area contributed by atoms with Gasteiger partial charge in [-0.25, -0.2) is 0 Å². The molecule has 0 aliphatic carbocycles. The van der Waals surface area contributed by atoms with Gasteiger partial charge in [0.15, 0.2) is 0 Å². The van der Waals surface area contributed by atoms with Crippen LogP contribution in [-0.4, -0.2) is 24.4 Å². The van der Waals surface area contributed by atoms with Gasteiger partial charge >= 0.3 is 0 Å². The van der Waals surface area contributed by atoms with Crippen LogP contribution >= 0.6 is 0 Å². The number of hydrogen-bond acceptors (Lipinski definition) is 3. The Bertz CT molecular complexity index is 404. The molecule has 0 aromatic heterocycles. The van der Waals surface area contributed by atoms with Gasteiger partial charge in [-0.3, -0.25) is 0 Å². The van der Waals surface area contributed by atoms with E-state index >= 15 is 0 Å². The second-order valence-electron chi connectivity index (χ2n) is 7.40. The van der Waals surface area contributed by atoms with E-state index in [1.807, 2.05) is 12.1 Å². The van der Waals surface area contributed by atoms with Crippen LogP contribution in [0.1, 0.15) is 46.6 Å². The fraction of sp³-hybridized carbons (Fsp3) is 0.647. The lowest BCUT2D eigenvalue weighted by atomic mass is 9.72. The first-order valence-electron chi connectivity index (χ1n) is 7.24. The second kappa shape index (κ2) is 6.59. The minimum absolute atomic E-state index is 0.0588. The molecule has 0 fully saturated rings. The summed E-state index contributed by atoms with van der Waals surface area (Å²) >= 11 is 0. The third-order valence-electron chi connectivity index (χ3n) is 3.31. The molecule has 0 amide bonds. The zero-order valence-electron chi connectivity index (χ0n) is 13.4. The first-order valence-corrected chi connectivity index (χ1v) is 7.24. The quantitative estimate of drug-likeness (QED) is 0.841. The molecule has 1 atom stereocenters. The number of ether oxygens (including phenoxy) is 1. The summed E-state index contributed by atoms with van der Waals surface area (Å²) in [5.41, 5.74) is 7.36. The number of aliphatic hydroxyl groups is 1. The van der Waals surface area contributed by atoms with Gasteiger partial charge in [-0.15, -0.1) is 0 Å². The lowest BCUT2D eigenvalue weighted by Gasteiger charge is -2.33. The van der Waals surface area contributed by atoms with Crippen molar-refractivity contribution in [3.05, 3.63) is 29.8 Å². The Hall–Kier alpha value is -1.06. The highest BCUT2D eigenvalue weighted by Gasteiger charge is 2.27. The number of nitrogens with two attached hydrogens (primary N) is 1.